The van der Waals surface area contributed by atoms with Crippen LogP contribution in [-0.2, 0) is 15.4 Å². The molecule has 3 rings (SSSR count). The number of halogens is 1. The Morgan fingerprint density at radius 2 is 1.88 bits per heavy atom. The van der Waals surface area contributed by atoms with E-state index in [4.69, 9.17) is 5.14 Å². The lowest BCUT2D eigenvalue weighted by molar-refractivity contribution is 0.566. The van der Waals surface area contributed by atoms with Crippen LogP contribution in [0.1, 0.15) is 26.5 Å². The zero-order chi connectivity index (χ0) is 19.1. The standard InChI is InChI=1S/C14H15BrN6O2S3/c1-14(2,3)10-11(15)24-13(17-10)25-12-18-19-20-21(12)8-4-6-9(7-5-8)26(16,22)23/h4-7H,1-3H3,(H2,16,22,23). The van der Waals surface area contributed by atoms with Gasteiger partial charge in [-0.15, -0.1) is 5.10 Å². The lowest BCUT2D eigenvalue weighted by Gasteiger charge is -2.15. The number of thiazole rings is 1. The molecule has 0 saturated heterocycles. The smallest absolute Gasteiger partial charge is 0.232 e. The zero-order valence-electron chi connectivity index (χ0n) is 14.0. The third-order valence-electron chi connectivity index (χ3n) is 3.31. The lowest BCUT2D eigenvalue weighted by Crippen LogP contribution is -2.12. The van der Waals surface area contributed by atoms with Crippen LogP contribution in [0.2, 0.25) is 0 Å². The van der Waals surface area contributed by atoms with Crippen LogP contribution >= 0.6 is 39.0 Å². The van der Waals surface area contributed by atoms with E-state index in [9.17, 15) is 8.42 Å². The summed E-state index contributed by atoms with van der Waals surface area (Å²) in [4.78, 5) is 4.70. The minimum Gasteiger partial charge on any atom is -0.232 e. The summed E-state index contributed by atoms with van der Waals surface area (Å²) in [6, 6.07) is 6.02. The Bertz CT molecular complexity index is 1040. The molecule has 0 fully saturated rings. The second-order valence-electron chi connectivity index (χ2n) is 6.37. The number of rotatable bonds is 4. The fourth-order valence-electron chi connectivity index (χ4n) is 2.05. The van der Waals surface area contributed by atoms with Crippen molar-refractivity contribution in [2.45, 2.75) is 40.6 Å². The van der Waals surface area contributed by atoms with Crippen molar-refractivity contribution in [2.75, 3.05) is 0 Å². The highest BCUT2D eigenvalue weighted by Crippen LogP contribution is 2.39. The van der Waals surface area contributed by atoms with Gasteiger partial charge in [0.25, 0.3) is 0 Å². The first-order chi connectivity index (χ1) is 12.1. The van der Waals surface area contributed by atoms with E-state index in [-0.39, 0.29) is 10.3 Å². The monoisotopic (exact) mass is 474 g/mol. The van der Waals surface area contributed by atoms with Gasteiger partial charge in [0.15, 0.2) is 4.34 Å². The maximum Gasteiger partial charge on any atom is 0.238 e. The number of nitrogens with two attached hydrogens (primary N) is 1. The molecule has 1 aromatic carbocycles. The highest BCUT2D eigenvalue weighted by atomic mass is 79.9. The Labute approximate surface area is 167 Å². The highest BCUT2D eigenvalue weighted by molar-refractivity contribution is 9.11. The molecule has 3 aromatic rings. The molecule has 2 heterocycles. The van der Waals surface area contributed by atoms with Crippen molar-refractivity contribution in [1.82, 2.24) is 25.2 Å². The highest BCUT2D eigenvalue weighted by Gasteiger charge is 2.23. The van der Waals surface area contributed by atoms with Crippen molar-refractivity contribution in [3.63, 3.8) is 0 Å². The molecular formula is C14H15BrN6O2S3. The van der Waals surface area contributed by atoms with Crippen molar-refractivity contribution >= 4 is 49.1 Å². The van der Waals surface area contributed by atoms with Crippen molar-refractivity contribution in [3.8, 4) is 5.69 Å². The summed E-state index contributed by atoms with van der Waals surface area (Å²) in [6.45, 7) is 6.29. The molecule has 138 valence electrons. The van der Waals surface area contributed by atoms with Crippen LogP contribution in [0.5, 0.6) is 0 Å². The Balaban J connectivity index is 1.90. The SMILES string of the molecule is CC(C)(C)c1nc(Sc2nnnn2-c2ccc(S(N)(=O)=O)cc2)sc1Br. The van der Waals surface area contributed by atoms with Gasteiger partial charge in [-0.1, -0.05) is 32.1 Å². The van der Waals surface area contributed by atoms with Crippen LogP contribution in [0.15, 0.2) is 42.4 Å². The first kappa shape index (κ1) is 19.4. The third-order valence-corrected chi connectivity index (χ3v) is 6.94. The second-order valence-corrected chi connectivity index (χ2v) is 11.5. The van der Waals surface area contributed by atoms with Gasteiger partial charge in [0.1, 0.15) is 0 Å². The maximum atomic E-state index is 11.4. The number of hydrogen-bond acceptors (Lipinski definition) is 8. The van der Waals surface area contributed by atoms with E-state index in [0.717, 1.165) is 13.8 Å². The predicted molar refractivity (Wildman–Crippen MR) is 103 cm³/mol. The lowest BCUT2D eigenvalue weighted by atomic mass is 9.93. The fraction of sp³-hybridized carbons (Fsp3) is 0.286. The van der Waals surface area contributed by atoms with E-state index in [1.807, 2.05) is 0 Å². The van der Waals surface area contributed by atoms with Gasteiger partial charge in [-0.3, -0.25) is 0 Å². The van der Waals surface area contributed by atoms with Gasteiger partial charge < -0.3 is 0 Å². The van der Waals surface area contributed by atoms with Gasteiger partial charge in [-0.25, -0.2) is 18.5 Å². The van der Waals surface area contributed by atoms with E-state index >= 15 is 0 Å². The molecule has 0 spiro atoms. The Hall–Kier alpha value is -1.34. The molecule has 0 bridgehead atoms. The fourth-order valence-corrected chi connectivity index (χ4v) is 6.01. The molecule has 8 nitrogen and oxygen atoms in total. The summed E-state index contributed by atoms with van der Waals surface area (Å²) < 4.78 is 26.0. The average molecular weight is 475 g/mol. The number of tetrazole rings is 1. The van der Waals surface area contributed by atoms with Crippen molar-refractivity contribution in [1.29, 1.82) is 0 Å². The number of aromatic nitrogens is 5. The molecule has 2 aromatic heterocycles. The molecule has 0 aliphatic heterocycles. The molecule has 0 aliphatic carbocycles. The Kier molecular flexibility index (Phi) is 5.23. The zero-order valence-corrected chi connectivity index (χ0v) is 18.1. The predicted octanol–water partition coefficient (Wildman–Crippen LogP) is 2.98. The molecule has 12 heteroatoms. The van der Waals surface area contributed by atoms with Crippen molar-refractivity contribution in [3.05, 3.63) is 33.7 Å². The van der Waals surface area contributed by atoms with Crippen LogP contribution in [0.3, 0.4) is 0 Å². The van der Waals surface area contributed by atoms with Gasteiger partial charge in [-0.05, 0) is 62.4 Å². The number of sulfonamides is 1. The molecule has 2 N–H and O–H groups in total. The minimum atomic E-state index is -3.74. The Morgan fingerprint density at radius 1 is 1.23 bits per heavy atom. The summed E-state index contributed by atoms with van der Waals surface area (Å²) in [6.07, 6.45) is 0. The third kappa shape index (κ3) is 4.14. The van der Waals surface area contributed by atoms with Crippen molar-refractivity contribution < 1.29 is 8.42 Å². The van der Waals surface area contributed by atoms with Gasteiger partial charge in [0, 0.05) is 5.41 Å². The molecule has 0 radical (unpaired) electrons. The first-order valence-electron chi connectivity index (χ1n) is 7.32. The van der Waals surface area contributed by atoms with E-state index in [2.05, 4.69) is 57.2 Å². The van der Waals surface area contributed by atoms with Gasteiger partial charge >= 0.3 is 0 Å². The minimum absolute atomic E-state index is 0.0298. The summed E-state index contributed by atoms with van der Waals surface area (Å²) in [7, 11) is -3.74. The summed E-state index contributed by atoms with van der Waals surface area (Å²) in [5.41, 5.74) is 1.52. The van der Waals surface area contributed by atoms with Gasteiger partial charge in [0.05, 0.1) is 20.1 Å². The summed E-state index contributed by atoms with van der Waals surface area (Å²) >= 11 is 6.41. The maximum absolute atomic E-state index is 11.4. The van der Waals surface area contributed by atoms with E-state index in [1.165, 1.54) is 39.9 Å². The molecule has 0 saturated carbocycles. The van der Waals surface area contributed by atoms with E-state index < -0.39 is 10.0 Å². The quantitative estimate of drug-likeness (QED) is 0.617. The van der Waals surface area contributed by atoms with E-state index in [0.29, 0.717) is 10.8 Å². The topological polar surface area (TPSA) is 117 Å². The second kappa shape index (κ2) is 7.00. The first-order valence-corrected chi connectivity index (χ1v) is 11.3. The number of hydrogen-bond donors (Lipinski definition) is 1. The number of primary sulfonamides is 1. The molecule has 0 atom stereocenters. The number of nitrogens with zero attached hydrogens (tertiary/aromatic N) is 5. The normalized spacial score (nSPS) is 12.5. The summed E-state index contributed by atoms with van der Waals surface area (Å²) in [5.74, 6) is 0. The van der Waals surface area contributed by atoms with Crippen LogP contribution in [0.4, 0.5) is 0 Å². The molecule has 0 aliphatic rings. The van der Waals surface area contributed by atoms with Crippen LogP contribution in [-0.4, -0.2) is 33.6 Å². The summed E-state index contributed by atoms with van der Waals surface area (Å²) in [5, 5.41) is 17.4. The molecule has 0 unspecified atom stereocenters. The molecular weight excluding hydrogens is 460 g/mol. The average Bonchev–Trinajstić information content (AvgIpc) is 3.13. The van der Waals surface area contributed by atoms with Gasteiger partial charge in [0.2, 0.25) is 15.2 Å². The van der Waals surface area contributed by atoms with Crippen LogP contribution in [0, 0.1) is 0 Å². The van der Waals surface area contributed by atoms with Crippen molar-refractivity contribution in [2.24, 2.45) is 5.14 Å². The largest absolute Gasteiger partial charge is 0.238 e. The van der Waals surface area contributed by atoms with Crippen LogP contribution < -0.4 is 5.14 Å². The van der Waals surface area contributed by atoms with E-state index in [1.54, 1.807) is 12.1 Å². The number of benzene rings is 1. The molecule has 0 amide bonds. The Morgan fingerprint density at radius 3 is 2.42 bits per heavy atom. The van der Waals surface area contributed by atoms with Crippen LogP contribution in [0.25, 0.3) is 5.69 Å². The van der Waals surface area contributed by atoms with Gasteiger partial charge in [-0.2, -0.15) is 4.68 Å². The molecule has 26 heavy (non-hydrogen) atoms.